The molecule has 3 rings (SSSR count). The van der Waals surface area contributed by atoms with Crippen molar-refractivity contribution in [2.24, 2.45) is 0 Å². The SMILES string of the molecule is Cc1[nH]c2ccc(NC(=O)c3cccnc3Cl)cc2c1CCN(C)C. The molecule has 0 spiro atoms. The van der Waals surface area contributed by atoms with Gasteiger partial charge in [-0.25, -0.2) is 4.98 Å². The number of hydrogen-bond donors (Lipinski definition) is 2. The number of fused-ring (bicyclic) bond motifs is 1. The number of halogens is 1. The third-order valence-corrected chi connectivity index (χ3v) is 4.49. The molecule has 0 aliphatic heterocycles. The lowest BCUT2D eigenvalue weighted by Gasteiger charge is -2.10. The van der Waals surface area contributed by atoms with E-state index < -0.39 is 0 Å². The van der Waals surface area contributed by atoms with E-state index in [1.165, 1.54) is 5.56 Å². The summed E-state index contributed by atoms with van der Waals surface area (Å²) in [4.78, 5) is 21.9. The molecule has 25 heavy (non-hydrogen) atoms. The zero-order valence-electron chi connectivity index (χ0n) is 14.6. The van der Waals surface area contributed by atoms with E-state index in [1.54, 1.807) is 18.3 Å². The maximum atomic E-state index is 12.4. The van der Waals surface area contributed by atoms with E-state index in [2.05, 4.69) is 41.2 Å². The van der Waals surface area contributed by atoms with Crippen molar-refractivity contribution in [1.29, 1.82) is 0 Å². The van der Waals surface area contributed by atoms with Crippen molar-refractivity contribution in [3.63, 3.8) is 0 Å². The first kappa shape index (κ1) is 17.5. The quantitative estimate of drug-likeness (QED) is 0.682. The van der Waals surface area contributed by atoms with E-state index in [0.717, 1.165) is 35.2 Å². The van der Waals surface area contributed by atoms with E-state index >= 15 is 0 Å². The minimum atomic E-state index is -0.264. The van der Waals surface area contributed by atoms with Crippen LogP contribution in [-0.4, -0.2) is 41.4 Å². The highest BCUT2D eigenvalue weighted by Crippen LogP contribution is 2.26. The van der Waals surface area contributed by atoms with Gasteiger partial charge in [-0.1, -0.05) is 11.6 Å². The maximum Gasteiger partial charge on any atom is 0.258 e. The van der Waals surface area contributed by atoms with Crippen molar-refractivity contribution in [2.45, 2.75) is 13.3 Å². The smallest absolute Gasteiger partial charge is 0.258 e. The molecule has 0 saturated heterocycles. The first-order valence-electron chi connectivity index (χ1n) is 8.13. The number of nitrogens with zero attached hydrogens (tertiary/aromatic N) is 2. The Labute approximate surface area is 152 Å². The van der Waals surface area contributed by atoms with Crippen molar-refractivity contribution < 1.29 is 4.79 Å². The van der Waals surface area contributed by atoms with Gasteiger partial charge in [-0.15, -0.1) is 0 Å². The van der Waals surface area contributed by atoms with Gasteiger partial charge in [0.15, 0.2) is 0 Å². The minimum absolute atomic E-state index is 0.199. The first-order chi connectivity index (χ1) is 12.0. The van der Waals surface area contributed by atoms with Crippen LogP contribution in [0.5, 0.6) is 0 Å². The van der Waals surface area contributed by atoms with Crippen LogP contribution in [0, 0.1) is 6.92 Å². The largest absolute Gasteiger partial charge is 0.358 e. The second-order valence-electron chi connectivity index (χ2n) is 6.34. The van der Waals surface area contributed by atoms with Crippen LogP contribution in [0.2, 0.25) is 5.15 Å². The van der Waals surface area contributed by atoms with E-state index in [-0.39, 0.29) is 11.1 Å². The average molecular weight is 357 g/mol. The number of carbonyl (C=O) groups is 1. The van der Waals surface area contributed by atoms with Crippen LogP contribution in [0.25, 0.3) is 10.9 Å². The normalized spacial score (nSPS) is 11.2. The molecule has 1 aromatic carbocycles. The number of benzene rings is 1. The highest BCUT2D eigenvalue weighted by atomic mass is 35.5. The number of amides is 1. The summed E-state index contributed by atoms with van der Waals surface area (Å²) < 4.78 is 0. The predicted octanol–water partition coefficient (Wildman–Crippen LogP) is 3.88. The molecule has 2 heterocycles. The molecule has 3 aromatic rings. The molecular formula is C19H21ClN4O. The molecule has 0 aliphatic carbocycles. The summed E-state index contributed by atoms with van der Waals surface area (Å²) in [5, 5.41) is 4.24. The van der Waals surface area contributed by atoms with E-state index in [0.29, 0.717) is 5.56 Å². The Morgan fingerprint density at radius 2 is 2.12 bits per heavy atom. The Kier molecular flexibility index (Phi) is 5.06. The highest BCUT2D eigenvalue weighted by Gasteiger charge is 2.13. The van der Waals surface area contributed by atoms with Gasteiger partial charge in [0, 0.05) is 35.0 Å². The van der Waals surface area contributed by atoms with Crippen molar-refractivity contribution in [2.75, 3.05) is 26.0 Å². The Bertz CT molecular complexity index is 917. The summed E-state index contributed by atoms with van der Waals surface area (Å²) in [5.74, 6) is -0.264. The average Bonchev–Trinajstić information content (AvgIpc) is 2.88. The van der Waals surface area contributed by atoms with Crippen LogP contribution in [0.4, 0.5) is 5.69 Å². The number of anilines is 1. The fourth-order valence-electron chi connectivity index (χ4n) is 2.87. The number of carbonyl (C=O) groups excluding carboxylic acids is 1. The first-order valence-corrected chi connectivity index (χ1v) is 8.51. The standard InChI is InChI=1S/C19H21ClN4O/c1-12-14(8-10-24(2)3)16-11-13(6-7-17(16)22-12)23-19(25)15-5-4-9-21-18(15)20/h4-7,9,11,22H,8,10H2,1-3H3,(H,23,25). The zero-order chi connectivity index (χ0) is 18.0. The lowest BCUT2D eigenvalue weighted by molar-refractivity contribution is 0.102. The van der Waals surface area contributed by atoms with E-state index in [1.807, 2.05) is 18.2 Å². The number of hydrogen-bond acceptors (Lipinski definition) is 3. The number of aromatic nitrogens is 2. The molecule has 130 valence electrons. The van der Waals surface area contributed by atoms with Crippen LogP contribution >= 0.6 is 11.6 Å². The van der Waals surface area contributed by atoms with Crippen LogP contribution < -0.4 is 5.32 Å². The molecule has 6 heteroatoms. The summed E-state index contributed by atoms with van der Waals surface area (Å²) in [6.45, 7) is 3.05. The van der Waals surface area contributed by atoms with Crippen molar-refractivity contribution in [1.82, 2.24) is 14.9 Å². The molecule has 0 unspecified atom stereocenters. The number of H-pyrrole nitrogens is 1. The molecule has 1 amide bonds. The predicted molar refractivity (Wildman–Crippen MR) is 102 cm³/mol. The van der Waals surface area contributed by atoms with Crippen LogP contribution in [0.1, 0.15) is 21.6 Å². The van der Waals surface area contributed by atoms with Gasteiger partial charge in [-0.2, -0.15) is 0 Å². The third kappa shape index (κ3) is 3.83. The van der Waals surface area contributed by atoms with Gasteiger partial charge >= 0.3 is 0 Å². The summed E-state index contributed by atoms with van der Waals surface area (Å²) in [5.41, 5.74) is 4.61. The molecule has 0 aliphatic rings. The van der Waals surface area contributed by atoms with Gasteiger partial charge in [-0.3, -0.25) is 4.79 Å². The Hall–Kier alpha value is -2.37. The van der Waals surface area contributed by atoms with E-state index in [9.17, 15) is 4.79 Å². The minimum Gasteiger partial charge on any atom is -0.358 e. The maximum absolute atomic E-state index is 12.4. The van der Waals surface area contributed by atoms with Crippen LogP contribution in [0.3, 0.4) is 0 Å². The molecule has 0 bridgehead atoms. The molecular weight excluding hydrogens is 336 g/mol. The fraction of sp³-hybridized carbons (Fsp3) is 0.263. The monoisotopic (exact) mass is 356 g/mol. The topological polar surface area (TPSA) is 61.0 Å². The third-order valence-electron chi connectivity index (χ3n) is 4.19. The second kappa shape index (κ2) is 7.25. The van der Waals surface area contributed by atoms with Crippen LogP contribution in [-0.2, 0) is 6.42 Å². The Morgan fingerprint density at radius 1 is 1.32 bits per heavy atom. The summed E-state index contributed by atoms with van der Waals surface area (Å²) in [6, 6.07) is 9.23. The molecule has 2 N–H and O–H groups in total. The lowest BCUT2D eigenvalue weighted by atomic mass is 10.1. The van der Waals surface area contributed by atoms with Crippen molar-refractivity contribution in [3.05, 3.63) is 58.5 Å². The molecule has 5 nitrogen and oxygen atoms in total. The second-order valence-corrected chi connectivity index (χ2v) is 6.70. The van der Waals surface area contributed by atoms with Crippen molar-refractivity contribution >= 4 is 34.1 Å². The van der Waals surface area contributed by atoms with Gasteiger partial charge in [-0.05, 0) is 63.3 Å². The highest BCUT2D eigenvalue weighted by molar-refractivity contribution is 6.33. The zero-order valence-corrected chi connectivity index (χ0v) is 15.3. The van der Waals surface area contributed by atoms with E-state index in [4.69, 9.17) is 11.6 Å². The van der Waals surface area contributed by atoms with Crippen LogP contribution in [0.15, 0.2) is 36.5 Å². The number of likely N-dealkylation sites (N-methyl/N-ethyl adjacent to an activating group) is 1. The fourth-order valence-corrected chi connectivity index (χ4v) is 3.08. The molecule has 0 atom stereocenters. The number of aryl methyl sites for hydroxylation is 1. The van der Waals surface area contributed by atoms with Gasteiger partial charge < -0.3 is 15.2 Å². The Balaban J connectivity index is 1.89. The van der Waals surface area contributed by atoms with Crippen molar-refractivity contribution in [3.8, 4) is 0 Å². The number of pyridine rings is 1. The number of nitrogens with one attached hydrogen (secondary N) is 2. The summed E-state index contributed by atoms with van der Waals surface area (Å²) in [6.07, 6.45) is 2.51. The van der Waals surface area contributed by atoms with Gasteiger partial charge in [0.2, 0.25) is 0 Å². The molecule has 0 radical (unpaired) electrons. The lowest BCUT2D eigenvalue weighted by Crippen LogP contribution is -2.15. The van der Waals surface area contributed by atoms with Gasteiger partial charge in [0.25, 0.3) is 5.91 Å². The van der Waals surface area contributed by atoms with Gasteiger partial charge in [0.05, 0.1) is 5.56 Å². The summed E-state index contributed by atoms with van der Waals surface area (Å²) >= 11 is 6.00. The summed E-state index contributed by atoms with van der Waals surface area (Å²) in [7, 11) is 4.13. The molecule has 2 aromatic heterocycles. The number of rotatable bonds is 5. The molecule has 0 saturated carbocycles. The molecule has 0 fully saturated rings. The van der Waals surface area contributed by atoms with Gasteiger partial charge in [0.1, 0.15) is 5.15 Å². The number of aromatic amines is 1. The Morgan fingerprint density at radius 3 is 2.84 bits per heavy atom.